The summed E-state index contributed by atoms with van der Waals surface area (Å²) in [5.74, 6) is 0. The summed E-state index contributed by atoms with van der Waals surface area (Å²) >= 11 is 0. The first kappa shape index (κ1) is 10.4. The summed E-state index contributed by atoms with van der Waals surface area (Å²) < 4.78 is 26.6. The van der Waals surface area contributed by atoms with Gasteiger partial charge in [-0.05, 0) is 0 Å². The Morgan fingerprint density at radius 2 is 2.18 bits per heavy atom. The van der Waals surface area contributed by atoms with Crippen LogP contribution in [0.1, 0.15) is 6.42 Å². The van der Waals surface area contributed by atoms with E-state index in [2.05, 4.69) is 13.2 Å². The fourth-order valence-electron chi connectivity index (χ4n) is 0.476. The molecule has 0 saturated carbocycles. The molecule has 0 aromatic carbocycles. The van der Waals surface area contributed by atoms with E-state index in [1.807, 2.05) is 0 Å². The molecule has 0 aliphatic carbocycles. The molecular formula is C7H12O3S. The molecule has 0 aliphatic rings. The highest BCUT2D eigenvalue weighted by Crippen LogP contribution is 2.09. The SMILES string of the molecule is C=CS(=O)(=O)C(=C)CCOC. The van der Waals surface area contributed by atoms with Gasteiger partial charge in [-0.1, -0.05) is 13.2 Å². The van der Waals surface area contributed by atoms with Crippen molar-refractivity contribution in [2.75, 3.05) is 13.7 Å². The van der Waals surface area contributed by atoms with Crippen molar-refractivity contribution >= 4 is 9.84 Å². The molecule has 0 aromatic rings. The van der Waals surface area contributed by atoms with Crippen LogP contribution in [0.4, 0.5) is 0 Å². The van der Waals surface area contributed by atoms with Gasteiger partial charge in [0.2, 0.25) is 0 Å². The molecule has 0 fully saturated rings. The maximum atomic E-state index is 10.9. The molecule has 0 aliphatic heterocycles. The van der Waals surface area contributed by atoms with E-state index >= 15 is 0 Å². The van der Waals surface area contributed by atoms with Crippen LogP contribution in [0.15, 0.2) is 23.5 Å². The molecule has 0 rings (SSSR count). The van der Waals surface area contributed by atoms with Crippen LogP contribution >= 0.6 is 0 Å². The van der Waals surface area contributed by atoms with Crippen molar-refractivity contribution in [3.63, 3.8) is 0 Å². The zero-order valence-electron chi connectivity index (χ0n) is 6.54. The third kappa shape index (κ3) is 3.34. The molecule has 64 valence electrons. The van der Waals surface area contributed by atoms with Crippen molar-refractivity contribution in [3.05, 3.63) is 23.5 Å². The fourth-order valence-corrected chi connectivity index (χ4v) is 1.08. The molecule has 0 atom stereocenters. The Morgan fingerprint density at radius 1 is 1.64 bits per heavy atom. The lowest BCUT2D eigenvalue weighted by Gasteiger charge is -2.01. The number of sulfone groups is 1. The molecule has 3 nitrogen and oxygen atoms in total. The quantitative estimate of drug-likeness (QED) is 0.630. The van der Waals surface area contributed by atoms with Gasteiger partial charge in [0, 0.05) is 23.8 Å². The Bertz CT molecular complexity index is 238. The summed E-state index contributed by atoms with van der Waals surface area (Å²) in [5, 5.41) is 0.894. The molecule has 0 radical (unpaired) electrons. The molecule has 0 amide bonds. The first-order valence-electron chi connectivity index (χ1n) is 3.09. The minimum Gasteiger partial charge on any atom is -0.384 e. The van der Waals surface area contributed by atoms with Crippen LogP contribution < -0.4 is 0 Å². The van der Waals surface area contributed by atoms with E-state index < -0.39 is 9.84 Å². The van der Waals surface area contributed by atoms with Crippen LogP contribution in [-0.4, -0.2) is 22.1 Å². The largest absolute Gasteiger partial charge is 0.384 e. The summed E-state index contributed by atoms with van der Waals surface area (Å²) in [6, 6.07) is 0. The van der Waals surface area contributed by atoms with Gasteiger partial charge in [0.1, 0.15) is 0 Å². The van der Waals surface area contributed by atoms with E-state index in [4.69, 9.17) is 4.74 Å². The van der Waals surface area contributed by atoms with Crippen molar-refractivity contribution < 1.29 is 13.2 Å². The van der Waals surface area contributed by atoms with Gasteiger partial charge < -0.3 is 4.74 Å². The predicted molar refractivity (Wildman–Crippen MR) is 44.7 cm³/mol. The van der Waals surface area contributed by atoms with E-state index in [0.29, 0.717) is 13.0 Å². The first-order chi connectivity index (χ1) is 5.04. The van der Waals surface area contributed by atoms with Gasteiger partial charge in [-0.3, -0.25) is 0 Å². The van der Waals surface area contributed by atoms with Crippen LogP contribution in [-0.2, 0) is 14.6 Å². The number of rotatable bonds is 5. The minimum atomic E-state index is -3.28. The second kappa shape index (κ2) is 4.31. The molecule has 0 heterocycles. The number of hydrogen-bond donors (Lipinski definition) is 0. The Balaban J connectivity index is 4.15. The standard InChI is InChI=1S/C7H12O3S/c1-4-11(8,9)7(2)5-6-10-3/h4H,1-2,5-6H2,3H3. The lowest BCUT2D eigenvalue weighted by Crippen LogP contribution is -2.01. The highest BCUT2D eigenvalue weighted by Gasteiger charge is 2.09. The molecule has 0 unspecified atom stereocenters. The van der Waals surface area contributed by atoms with Crippen LogP contribution in [0.2, 0.25) is 0 Å². The smallest absolute Gasteiger partial charge is 0.194 e. The molecule has 4 heteroatoms. The molecule has 0 N–H and O–H groups in total. The average Bonchev–Trinajstić information content (AvgIpc) is 2.00. The average molecular weight is 176 g/mol. The normalized spacial score (nSPS) is 11.0. The topological polar surface area (TPSA) is 43.4 Å². The van der Waals surface area contributed by atoms with Crippen LogP contribution in [0, 0.1) is 0 Å². The Labute approximate surface area is 67.3 Å². The second-order valence-corrected chi connectivity index (χ2v) is 3.99. The maximum Gasteiger partial charge on any atom is 0.194 e. The summed E-state index contributed by atoms with van der Waals surface area (Å²) in [7, 11) is -1.77. The van der Waals surface area contributed by atoms with E-state index in [0.717, 1.165) is 5.41 Å². The van der Waals surface area contributed by atoms with Crippen LogP contribution in [0.5, 0.6) is 0 Å². The molecular weight excluding hydrogens is 164 g/mol. The molecule has 0 bridgehead atoms. The van der Waals surface area contributed by atoms with Gasteiger partial charge >= 0.3 is 0 Å². The lowest BCUT2D eigenvalue weighted by molar-refractivity contribution is 0.203. The molecule has 0 saturated heterocycles. The molecule has 0 spiro atoms. The van der Waals surface area contributed by atoms with Gasteiger partial charge in [0.25, 0.3) is 0 Å². The Hall–Kier alpha value is -0.610. The van der Waals surface area contributed by atoms with Gasteiger partial charge in [0.05, 0.1) is 6.61 Å². The van der Waals surface area contributed by atoms with Crippen LogP contribution in [0.25, 0.3) is 0 Å². The van der Waals surface area contributed by atoms with Gasteiger partial charge in [-0.25, -0.2) is 8.42 Å². The minimum absolute atomic E-state index is 0.148. The lowest BCUT2D eigenvalue weighted by atomic mass is 10.4. The number of methoxy groups -OCH3 is 1. The van der Waals surface area contributed by atoms with Crippen molar-refractivity contribution in [2.24, 2.45) is 0 Å². The van der Waals surface area contributed by atoms with E-state index in [1.54, 1.807) is 0 Å². The third-order valence-corrected chi connectivity index (χ3v) is 2.65. The maximum absolute atomic E-state index is 10.9. The van der Waals surface area contributed by atoms with Crippen molar-refractivity contribution in [3.8, 4) is 0 Å². The van der Waals surface area contributed by atoms with Crippen molar-refractivity contribution in [1.82, 2.24) is 0 Å². The molecule has 11 heavy (non-hydrogen) atoms. The third-order valence-electron chi connectivity index (χ3n) is 1.21. The Kier molecular flexibility index (Phi) is 4.07. The van der Waals surface area contributed by atoms with E-state index in [9.17, 15) is 8.42 Å². The molecule has 0 aromatic heterocycles. The van der Waals surface area contributed by atoms with Gasteiger partial charge in [-0.15, -0.1) is 0 Å². The zero-order chi connectivity index (χ0) is 8.91. The first-order valence-corrected chi connectivity index (χ1v) is 4.63. The monoisotopic (exact) mass is 176 g/mol. The predicted octanol–water partition coefficient (Wildman–Crippen LogP) is 1.09. The zero-order valence-corrected chi connectivity index (χ0v) is 7.36. The van der Waals surface area contributed by atoms with Crippen molar-refractivity contribution in [1.29, 1.82) is 0 Å². The highest BCUT2D eigenvalue weighted by molar-refractivity contribution is 7.97. The van der Waals surface area contributed by atoms with Crippen LogP contribution in [0.3, 0.4) is 0 Å². The van der Waals surface area contributed by atoms with Crippen molar-refractivity contribution in [2.45, 2.75) is 6.42 Å². The van der Waals surface area contributed by atoms with E-state index in [-0.39, 0.29) is 4.91 Å². The second-order valence-electron chi connectivity index (χ2n) is 1.99. The van der Waals surface area contributed by atoms with Gasteiger partial charge in [0.15, 0.2) is 9.84 Å². The summed E-state index contributed by atoms with van der Waals surface area (Å²) in [4.78, 5) is 0.148. The summed E-state index contributed by atoms with van der Waals surface area (Å²) in [5.41, 5.74) is 0. The Morgan fingerprint density at radius 3 is 2.55 bits per heavy atom. The highest BCUT2D eigenvalue weighted by atomic mass is 32.2. The van der Waals surface area contributed by atoms with E-state index in [1.165, 1.54) is 7.11 Å². The fraction of sp³-hybridized carbons (Fsp3) is 0.429. The number of hydrogen-bond acceptors (Lipinski definition) is 3. The van der Waals surface area contributed by atoms with Gasteiger partial charge in [-0.2, -0.15) is 0 Å². The number of ether oxygens (including phenoxy) is 1. The summed E-state index contributed by atoms with van der Waals surface area (Å²) in [6.07, 6.45) is 0.324. The summed E-state index contributed by atoms with van der Waals surface area (Å²) in [6.45, 7) is 6.93.